The fourth-order valence-corrected chi connectivity index (χ4v) is 5.67. The molecule has 1 aliphatic rings. The first-order valence-electron chi connectivity index (χ1n) is 14.4. The van der Waals surface area contributed by atoms with Crippen LogP contribution >= 0.6 is 0 Å². The van der Waals surface area contributed by atoms with Gasteiger partial charge >= 0.3 is 12.1 Å². The van der Waals surface area contributed by atoms with Gasteiger partial charge in [-0.25, -0.2) is 4.79 Å². The molecule has 1 aliphatic carbocycles. The number of hydrogen-bond acceptors (Lipinski definition) is 5. The number of carbonyl (C=O) groups excluding carboxylic acids is 2. The molecule has 0 radical (unpaired) electrons. The number of likely N-dealkylation sites (N-methyl/N-ethyl adjacent to an activating group) is 1. The van der Waals surface area contributed by atoms with Crippen LogP contribution in [-0.4, -0.2) is 60.3 Å². The summed E-state index contributed by atoms with van der Waals surface area (Å²) in [4.78, 5) is 40.2. The molecule has 8 nitrogen and oxygen atoms in total. The van der Waals surface area contributed by atoms with Crippen LogP contribution in [0.15, 0.2) is 78.9 Å². The first-order valence-corrected chi connectivity index (χ1v) is 14.4. The lowest BCUT2D eigenvalue weighted by molar-refractivity contribution is -0.138. The van der Waals surface area contributed by atoms with Crippen molar-refractivity contribution < 1.29 is 24.2 Å². The Labute approximate surface area is 248 Å². The third-order valence-corrected chi connectivity index (χ3v) is 7.37. The van der Waals surface area contributed by atoms with Gasteiger partial charge in [0.15, 0.2) is 0 Å². The molecule has 0 saturated heterocycles. The standard InChI is InChI=1S/C34H41N3O5/c1-34(2,3)19-24(18-31(38)39)35-32(40)30(21-37(4)20-23-12-6-5-7-13-23)36-33(41)42-22-29-27-16-10-8-14-25(27)26-15-9-11-17-28(26)29/h5-17,24,29-30H,18-22H2,1-4H3,(H,35,40)(H,36,41)(H,38,39). The Kier molecular flexibility index (Phi) is 10.0. The topological polar surface area (TPSA) is 108 Å². The number of ether oxygens (including phenoxy) is 1. The largest absolute Gasteiger partial charge is 0.481 e. The number of hydrogen-bond donors (Lipinski definition) is 3. The van der Waals surface area contributed by atoms with E-state index in [1.807, 2.05) is 99.4 Å². The van der Waals surface area contributed by atoms with Gasteiger partial charge in [0.2, 0.25) is 5.91 Å². The van der Waals surface area contributed by atoms with Gasteiger partial charge in [0.25, 0.3) is 0 Å². The molecular formula is C34H41N3O5. The average molecular weight is 572 g/mol. The Bertz CT molecular complexity index is 1340. The zero-order valence-corrected chi connectivity index (χ0v) is 24.8. The Morgan fingerprint density at radius 3 is 2.02 bits per heavy atom. The minimum absolute atomic E-state index is 0.108. The third kappa shape index (κ3) is 8.42. The van der Waals surface area contributed by atoms with Crippen LogP contribution in [0.4, 0.5) is 4.79 Å². The summed E-state index contributed by atoms with van der Waals surface area (Å²) in [6, 6.07) is 24.5. The maximum Gasteiger partial charge on any atom is 0.407 e. The third-order valence-electron chi connectivity index (χ3n) is 7.37. The van der Waals surface area contributed by atoms with Crippen LogP contribution in [-0.2, 0) is 20.9 Å². The van der Waals surface area contributed by atoms with Gasteiger partial charge in [0, 0.05) is 25.0 Å². The highest BCUT2D eigenvalue weighted by atomic mass is 16.5. The van der Waals surface area contributed by atoms with Crippen LogP contribution in [0.1, 0.15) is 56.2 Å². The molecule has 0 fully saturated rings. The molecule has 0 bridgehead atoms. The van der Waals surface area contributed by atoms with Crippen molar-refractivity contribution in [2.75, 3.05) is 20.2 Å². The summed E-state index contributed by atoms with van der Waals surface area (Å²) in [6.45, 7) is 6.88. The number of fused-ring (bicyclic) bond motifs is 3. The molecule has 2 atom stereocenters. The van der Waals surface area contributed by atoms with Crippen molar-refractivity contribution in [1.82, 2.24) is 15.5 Å². The molecule has 0 saturated carbocycles. The van der Waals surface area contributed by atoms with Crippen molar-refractivity contribution in [2.24, 2.45) is 5.41 Å². The van der Waals surface area contributed by atoms with Crippen molar-refractivity contribution in [3.05, 3.63) is 95.6 Å². The van der Waals surface area contributed by atoms with Crippen molar-refractivity contribution in [3.8, 4) is 11.1 Å². The van der Waals surface area contributed by atoms with Crippen molar-refractivity contribution in [3.63, 3.8) is 0 Å². The first kappa shape index (κ1) is 30.8. The molecule has 4 rings (SSSR count). The Hall–Kier alpha value is -4.17. The van der Waals surface area contributed by atoms with E-state index in [4.69, 9.17) is 4.74 Å². The molecule has 0 aromatic heterocycles. The van der Waals surface area contributed by atoms with E-state index in [0.29, 0.717) is 13.0 Å². The summed E-state index contributed by atoms with van der Waals surface area (Å²) < 4.78 is 5.73. The highest BCUT2D eigenvalue weighted by molar-refractivity contribution is 5.86. The summed E-state index contributed by atoms with van der Waals surface area (Å²) >= 11 is 0. The van der Waals surface area contributed by atoms with E-state index in [9.17, 15) is 19.5 Å². The number of nitrogens with one attached hydrogen (secondary N) is 2. The van der Waals surface area contributed by atoms with E-state index in [1.165, 1.54) is 0 Å². The molecule has 3 N–H and O–H groups in total. The number of benzene rings is 3. The smallest absolute Gasteiger partial charge is 0.407 e. The first-order chi connectivity index (χ1) is 20.0. The Balaban J connectivity index is 1.46. The van der Waals surface area contributed by atoms with Gasteiger partial charge in [0.05, 0.1) is 6.42 Å². The van der Waals surface area contributed by atoms with Crippen LogP contribution in [0.5, 0.6) is 0 Å². The van der Waals surface area contributed by atoms with E-state index >= 15 is 0 Å². The predicted molar refractivity (Wildman–Crippen MR) is 163 cm³/mol. The molecule has 42 heavy (non-hydrogen) atoms. The summed E-state index contributed by atoms with van der Waals surface area (Å²) in [5.41, 5.74) is 5.32. The van der Waals surface area contributed by atoms with Gasteiger partial charge in [0.1, 0.15) is 12.6 Å². The molecule has 0 aliphatic heterocycles. The van der Waals surface area contributed by atoms with E-state index in [-0.39, 0.29) is 30.9 Å². The quantitative estimate of drug-likeness (QED) is 0.268. The number of carboxylic acids is 1. The SMILES string of the molecule is CN(Cc1ccccc1)CC(NC(=O)OCC1c2ccccc2-c2ccccc21)C(=O)NC(CC(=O)O)CC(C)(C)C. The number of carbonyl (C=O) groups is 3. The summed E-state index contributed by atoms with van der Waals surface area (Å²) in [6.07, 6.45) is -0.431. The zero-order chi connectivity index (χ0) is 30.3. The molecule has 3 aromatic rings. The van der Waals surface area contributed by atoms with Crippen LogP contribution in [0.2, 0.25) is 0 Å². The number of carboxylic acid groups (broad SMARTS) is 1. The number of rotatable bonds is 12. The maximum absolute atomic E-state index is 13.5. The molecule has 0 spiro atoms. The second-order valence-corrected chi connectivity index (χ2v) is 12.3. The molecule has 8 heteroatoms. The molecule has 2 amide bonds. The van der Waals surface area contributed by atoms with Gasteiger partial charge in [-0.1, -0.05) is 99.6 Å². The fourth-order valence-electron chi connectivity index (χ4n) is 5.67. The van der Waals surface area contributed by atoms with Crippen molar-refractivity contribution >= 4 is 18.0 Å². The van der Waals surface area contributed by atoms with Crippen molar-refractivity contribution in [2.45, 2.75) is 58.2 Å². The van der Waals surface area contributed by atoms with Crippen LogP contribution in [0.25, 0.3) is 11.1 Å². The number of aliphatic carboxylic acids is 1. The van der Waals surface area contributed by atoms with E-state index in [1.54, 1.807) is 0 Å². The minimum Gasteiger partial charge on any atom is -0.481 e. The van der Waals surface area contributed by atoms with E-state index in [0.717, 1.165) is 27.8 Å². The highest BCUT2D eigenvalue weighted by Gasteiger charge is 2.31. The van der Waals surface area contributed by atoms with Gasteiger partial charge < -0.3 is 20.5 Å². The summed E-state index contributed by atoms with van der Waals surface area (Å²) in [5.74, 6) is -1.55. The molecular weight excluding hydrogens is 530 g/mol. The summed E-state index contributed by atoms with van der Waals surface area (Å²) in [5, 5.41) is 15.1. The van der Waals surface area contributed by atoms with Gasteiger partial charge in [-0.2, -0.15) is 0 Å². The number of nitrogens with zero attached hydrogens (tertiary/aromatic N) is 1. The molecule has 2 unspecified atom stereocenters. The van der Waals surface area contributed by atoms with Crippen LogP contribution in [0, 0.1) is 5.41 Å². The molecule has 222 valence electrons. The summed E-state index contributed by atoms with van der Waals surface area (Å²) in [7, 11) is 1.87. The maximum atomic E-state index is 13.5. The lowest BCUT2D eigenvalue weighted by atomic mass is 9.87. The fraction of sp³-hybridized carbons (Fsp3) is 0.382. The average Bonchev–Trinajstić information content (AvgIpc) is 3.24. The monoisotopic (exact) mass is 571 g/mol. The normalized spacial score (nSPS) is 14.0. The minimum atomic E-state index is -0.994. The van der Waals surface area contributed by atoms with Gasteiger partial charge in [-0.3, -0.25) is 14.5 Å². The lowest BCUT2D eigenvalue weighted by Gasteiger charge is -2.29. The van der Waals surface area contributed by atoms with Crippen LogP contribution in [0.3, 0.4) is 0 Å². The number of amides is 2. The van der Waals surface area contributed by atoms with E-state index < -0.39 is 30.1 Å². The second kappa shape index (κ2) is 13.7. The van der Waals surface area contributed by atoms with Gasteiger partial charge in [-0.15, -0.1) is 0 Å². The highest BCUT2D eigenvalue weighted by Crippen LogP contribution is 2.44. The zero-order valence-electron chi connectivity index (χ0n) is 24.8. The van der Waals surface area contributed by atoms with Gasteiger partial charge in [-0.05, 0) is 46.7 Å². The molecule has 3 aromatic carbocycles. The number of alkyl carbamates (subject to hydrolysis) is 1. The second-order valence-electron chi connectivity index (χ2n) is 12.3. The lowest BCUT2D eigenvalue weighted by Crippen LogP contribution is -2.54. The van der Waals surface area contributed by atoms with E-state index in [2.05, 4.69) is 22.8 Å². The Morgan fingerprint density at radius 2 is 1.45 bits per heavy atom. The van der Waals surface area contributed by atoms with Crippen molar-refractivity contribution in [1.29, 1.82) is 0 Å². The predicted octanol–water partition coefficient (Wildman–Crippen LogP) is 5.42. The van der Waals surface area contributed by atoms with Crippen LogP contribution < -0.4 is 10.6 Å². The molecule has 0 heterocycles. The Morgan fingerprint density at radius 1 is 0.881 bits per heavy atom.